The Morgan fingerprint density at radius 1 is 1.22 bits per heavy atom. The standard InChI is InChI=1S/C17H28N2O3.ClH/c1-12(2)8-9-22-15-7-6-14(10-16(15)21-5)13(3)19-17(20)11-18-4;/h6-7,10,12-13,18H,8-9,11H2,1-5H3,(H,19,20);1H. The summed E-state index contributed by atoms with van der Waals surface area (Å²) in [6.45, 7) is 7.25. The zero-order valence-corrected chi connectivity index (χ0v) is 15.5. The summed E-state index contributed by atoms with van der Waals surface area (Å²) in [5.41, 5.74) is 0.984. The molecule has 0 saturated heterocycles. The highest BCUT2D eigenvalue weighted by Crippen LogP contribution is 2.30. The number of benzene rings is 1. The lowest BCUT2D eigenvalue weighted by molar-refractivity contribution is -0.120. The Hall–Kier alpha value is -1.46. The van der Waals surface area contributed by atoms with Gasteiger partial charge in [-0.15, -0.1) is 12.4 Å². The van der Waals surface area contributed by atoms with Gasteiger partial charge in [0.05, 0.1) is 26.3 Å². The molecule has 0 aliphatic carbocycles. The van der Waals surface area contributed by atoms with E-state index in [1.54, 1.807) is 14.2 Å². The van der Waals surface area contributed by atoms with Crippen molar-refractivity contribution in [3.05, 3.63) is 23.8 Å². The van der Waals surface area contributed by atoms with Crippen LogP contribution in [0, 0.1) is 5.92 Å². The van der Waals surface area contributed by atoms with Gasteiger partial charge in [0.2, 0.25) is 5.91 Å². The topological polar surface area (TPSA) is 59.6 Å². The summed E-state index contributed by atoms with van der Waals surface area (Å²) in [5, 5.41) is 5.76. The van der Waals surface area contributed by atoms with Crippen molar-refractivity contribution in [3.8, 4) is 11.5 Å². The molecule has 0 radical (unpaired) electrons. The zero-order valence-electron chi connectivity index (χ0n) is 14.6. The molecule has 0 saturated carbocycles. The molecule has 2 N–H and O–H groups in total. The van der Waals surface area contributed by atoms with E-state index in [9.17, 15) is 4.79 Å². The molecule has 0 spiro atoms. The Balaban J connectivity index is 0.00000484. The second-order valence-corrected chi connectivity index (χ2v) is 5.76. The average Bonchev–Trinajstić information content (AvgIpc) is 2.47. The Morgan fingerprint density at radius 3 is 2.48 bits per heavy atom. The molecule has 0 fully saturated rings. The van der Waals surface area contributed by atoms with Crippen molar-refractivity contribution < 1.29 is 14.3 Å². The van der Waals surface area contributed by atoms with Crippen LogP contribution in [0.25, 0.3) is 0 Å². The van der Waals surface area contributed by atoms with E-state index in [2.05, 4.69) is 24.5 Å². The molecule has 0 bridgehead atoms. The Labute approximate surface area is 145 Å². The number of amides is 1. The van der Waals surface area contributed by atoms with Gasteiger partial charge in [0, 0.05) is 0 Å². The lowest BCUT2D eigenvalue weighted by Gasteiger charge is -2.17. The van der Waals surface area contributed by atoms with Crippen LogP contribution < -0.4 is 20.1 Å². The number of likely N-dealkylation sites (N-methyl/N-ethyl adjacent to an activating group) is 1. The highest BCUT2D eigenvalue weighted by atomic mass is 35.5. The molecule has 23 heavy (non-hydrogen) atoms. The van der Waals surface area contributed by atoms with Crippen LogP contribution >= 0.6 is 12.4 Å². The van der Waals surface area contributed by atoms with E-state index in [0.717, 1.165) is 17.7 Å². The highest BCUT2D eigenvalue weighted by molar-refractivity contribution is 5.85. The number of methoxy groups -OCH3 is 1. The van der Waals surface area contributed by atoms with Crippen molar-refractivity contribution in [2.24, 2.45) is 5.92 Å². The molecular formula is C17H29ClN2O3. The van der Waals surface area contributed by atoms with Gasteiger partial charge in [-0.25, -0.2) is 0 Å². The largest absolute Gasteiger partial charge is 0.493 e. The van der Waals surface area contributed by atoms with Gasteiger partial charge in [-0.3, -0.25) is 4.79 Å². The highest BCUT2D eigenvalue weighted by Gasteiger charge is 2.12. The first kappa shape index (κ1) is 21.5. The van der Waals surface area contributed by atoms with Crippen LogP contribution in [0.15, 0.2) is 18.2 Å². The lowest BCUT2D eigenvalue weighted by atomic mass is 10.1. The molecule has 1 unspecified atom stereocenters. The summed E-state index contributed by atoms with van der Waals surface area (Å²) >= 11 is 0. The molecule has 1 aromatic carbocycles. The number of nitrogens with one attached hydrogen (secondary N) is 2. The summed E-state index contributed by atoms with van der Waals surface area (Å²) < 4.78 is 11.2. The number of rotatable bonds is 9. The normalized spacial score (nSPS) is 11.6. The van der Waals surface area contributed by atoms with Crippen LogP contribution in [0.5, 0.6) is 11.5 Å². The van der Waals surface area contributed by atoms with Gasteiger partial charge in [0.25, 0.3) is 0 Å². The van der Waals surface area contributed by atoms with Crippen LogP contribution in [0.4, 0.5) is 0 Å². The minimum atomic E-state index is -0.0838. The molecule has 5 nitrogen and oxygen atoms in total. The van der Waals surface area contributed by atoms with Crippen molar-refractivity contribution >= 4 is 18.3 Å². The molecule has 1 amide bonds. The molecule has 132 valence electrons. The fourth-order valence-electron chi connectivity index (χ4n) is 2.01. The van der Waals surface area contributed by atoms with Gasteiger partial charge in [-0.2, -0.15) is 0 Å². The van der Waals surface area contributed by atoms with Crippen molar-refractivity contribution in [1.29, 1.82) is 0 Å². The maximum absolute atomic E-state index is 11.6. The van der Waals surface area contributed by atoms with Crippen molar-refractivity contribution in [1.82, 2.24) is 10.6 Å². The first-order valence-corrected chi connectivity index (χ1v) is 7.72. The Morgan fingerprint density at radius 2 is 1.91 bits per heavy atom. The zero-order chi connectivity index (χ0) is 16.5. The minimum absolute atomic E-state index is 0. The van der Waals surface area contributed by atoms with Gasteiger partial charge in [-0.05, 0) is 44.0 Å². The van der Waals surface area contributed by atoms with Crippen LogP contribution in [0.2, 0.25) is 0 Å². The number of carbonyl (C=O) groups is 1. The first-order chi connectivity index (χ1) is 10.5. The summed E-state index contributed by atoms with van der Waals surface area (Å²) in [4.78, 5) is 11.6. The monoisotopic (exact) mass is 344 g/mol. The van der Waals surface area contributed by atoms with Gasteiger partial charge < -0.3 is 20.1 Å². The SMILES string of the molecule is CNCC(=O)NC(C)c1ccc(OCCC(C)C)c(OC)c1.Cl. The van der Waals surface area contributed by atoms with E-state index in [1.807, 2.05) is 25.1 Å². The Kier molecular flexibility index (Phi) is 10.4. The third kappa shape index (κ3) is 7.57. The maximum Gasteiger partial charge on any atom is 0.234 e. The third-order valence-electron chi connectivity index (χ3n) is 3.36. The van der Waals surface area contributed by atoms with E-state index in [4.69, 9.17) is 9.47 Å². The molecule has 1 atom stereocenters. The molecule has 0 aromatic heterocycles. The minimum Gasteiger partial charge on any atom is -0.493 e. The van der Waals surface area contributed by atoms with E-state index in [0.29, 0.717) is 24.8 Å². The summed E-state index contributed by atoms with van der Waals surface area (Å²) in [7, 11) is 3.37. The number of hydrogen-bond donors (Lipinski definition) is 2. The number of carbonyl (C=O) groups excluding carboxylic acids is 1. The van der Waals surface area contributed by atoms with E-state index in [1.165, 1.54) is 0 Å². The molecule has 1 rings (SSSR count). The summed E-state index contributed by atoms with van der Waals surface area (Å²) in [6.07, 6.45) is 1.00. The van der Waals surface area contributed by atoms with Crippen molar-refractivity contribution in [2.45, 2.75) is 33.2 Å². The van der Waals surface area contributed by atoms with Gasteiger partial charge in [-0.1, -0.05) is 19.9 Å². The molecular weight excluding hydrogens is 316 g/mol. The molecule has 6 heteroatoms. The second kappa shape index (κ2) is 11.1. The van der Waals surface area contributed by atoms with Crippen LogP contribution in [-0.4, -0.2) is 33.2 Å². The third-order valence-corrected chi connectivity index (χ3v) is 3.36. The number of ether oxygens (including phenoxy) is 2. The quantitative estimate of drug-likeness (QED) is 0.723. The molecule has 0 aliphatic rings. The van der Waals surface area contributed by atoms with Gasteiger partial charge >= 0.3 is 0 Å². The van der Waals surface area contributed by atoms with Crippen molar-refractivity contribution in [2.75, 3.05) is 27.3 Å². The Bertz CT molecular complexity index is 481. The van der Waals surface area contributed by atoms with Crippen LogP contribution in [0.1, 0.15) is 38.8 Å². The smallest absolute Gasteiger partial charge is 0.234 e. The van der Waals surface area contributed by atoms with E-state index >= 15 is 0 Å². The summed E-state index contributed by atoms with van der Waals surface area (Å²) in [6, 6.07) is 5.68. The molecule has 0 aliphatic heterocycles. The fraction of sp³-hybridized carbons (Fsp3) is 0.588. The lowest BCUT2D eigenvalue weighted by Crippen LogP contribution is -2.33. The maximum atomic E-state index is 11.6. The summed E-state index contributed by atoms with van der Waals surface area (Å²) in [5.74, 6) is 2.00. The van der Waals surface area contributed by atoms with Gasteiger partial charge in [0.1, 0.15) is 0 Å². The second-order valence-electron chi connectivity index (χ2n) is 5.76. The van der Waals surface area contributed by atoms with Gasteiger partial charge in [0.15, 0.2) is 11.5 Å². The average molecular weight is 345 g/mol. The predicted octanol–water partition coefficient (Wildman–Crippen LogP) is 2.94. The number of hydrogen-bond acceptors (Lipinski definition) is 4. The van der Waals surface area contributed by atoms with Crippen LogP contribution in [-0.2, 0) is 4.79 Å². The van der Waals surface area contributed by atoms with E-state index in [-0.39, 0.29) is 24.4 Å². The van der Waals surface area contributed by atoms with Crippen LogP contribution in [0.3, 0.4) is 0 Å². The van der Waals surface area contributed by atoms with Crippen molar-refractivity contribution in [3.63, 3.8) is 0 Å². The number of halogens is 1. The molecule has 0 heterocycles. The fourth-order valence-corrected chi connectivity index (χ4v) is 2.01. The first-order valence-electron chi connectivity index (χ1n) is 7.72. The molecule has 1 aromatic rings. The predicted molar refractivity (Wildman–Crippen MR) is 95.7 cm³/mol. The van der Waals surface area contributed by atoms with E-state index < -0.39 is 0 Å².